The van der Waals surface area contributed by atoms with E-state index in [-0.39, 0.29) is 17.0 Å². The first kappa shape index (κ1) is 17.7. The van der Waals surface area contributed by atoms with Gasteiger partial charge in [0, 0.05) is 12.2 Å². The van der Waals surface area contributed by atoms with Crippen LogP contribution in [0.1, 0.15) is 20.8 Å². The fourth-order valence-electron chi connectivity index (χ4n) is 1.65. The number of nitrogens with one attached hydrogen (secondary N) is 2. The van der Waals surface area contributed by atoms with Crippen molar-refractivity contribution in [3.05, 3.63) is 30.1 Å². The lowest BCUT2D eigenvalue weighted by Gasteiger charge is -2.11. The number of thioether (sulfide) groups is 1. The number of aromatic nitrogens is 2. The maximum Gasteiger partial charge on any atom is 0.233 e. The number of rotatable bonds is 7. The number of hydrogen-bond acceptors (Lipinski definition) is 6. The third kappa shape index (κ3) is 5.80. The van der Waals surface area contributed by atoms with Crippen LogP contribution in [0.5, 0.6) is 0 Å². The molecular formula is C15H19FN4OS2. The highest BCUT2D eigenvalue weighted by Gasteiger charge is 2.17. The fourth-order valence-corrected chi connectivity index (χ4v) is 3.59. The number of amides is 1. The van der Waals surface area contributed by atoms with E-state index in [1.807, 2.05) is 20.8 Å². The molecular weight excluding hydrogens is 335 g/mol. The van der Waals surface area contributed by atoms with Gasteiger partial charge in [0.2, 0.25) is 11.0 Å². The van der Waals surface area contributed by atoms with Crippen LogP contribution in [0.25, 0.3) is 0 Å². The van der Waals surface area contributed by atoms with Gasteiger partial charge in [0.25, 0.3) is 0 Å². The summed E-state index contributed by atoms with van der Waals surface area (Å²) in [5.74, 6) is 0.0860. The molecule has 2 aromatic rings. The first-order valence-electron chi connectivity index (χ1n) is 7.24. The van der Waals surface area contributed by atoms with Crippen LogP contribution in [-0.2, 0) is 4.79 Å². The summed E-state index contributed by atoms with van der Waals surface area (Å²) in [5, 5.41) is 14.3. The zero-order valence-corrected chi connectivity index (χ0v) is 14.8. The molecule has 124 valence electrons. The molecule has 1 aromatic carbocycles. The summed E-state index contributed by atoms with van der Waals surface area (Å²) in [6.07, 6.45) is 0. The van der Waals surface area contributed by atoms with E-state index in [1.165, 1.54) is 35.2 Å². The summed E-state index contributed by atoms with van der Waals surface area (Å²) < 4.78 is 13.8. The van der Waals surface area contributed by atoms with Gasteiger partial charge >= 0.3 is 0 Å². The lowest BCUT2D eigenvalue weighted by Crippen LogP contribution is -2.33. The summed E-state index contributed by atoms with van der Waals surface area (Å²) in [6.45, 7) is 6.59. The van der Waals surface area contributed by atoms with Crippen molar-refractivity contribution in [2.75, 3.05) is 11.9 Å². The van der Waals surface area contributed by atoms with E-state index >= 15 is 0 Å². The molecule has 0 aliphatic carbocycles. The van der Waals surface area contributed by atoms with Crippen LogP contribution in [0, 0.1) is 11.7 Å². The van der Waals surface area contributed by atoms with Crippen LogP contribution >= 0.6 is 23.1 Å². The van der Waals surface area contributed by atoms with Gasteiger partial charge in [-0.15, -0.1) is 10.2 Å². The standard InChI is InChI=1S/C15H19FN4OS2/c1-9(2)8-17-13(21)10(3)22-15-20-19-14(23-15)18-12-6-4-5-11(16)7-12/h4-7,9-10H,8H2,1-3H3,(H,17,21)(H,18,19)/t10-/m1/s1. The molecule has 0 bridgehead atoms. The summed E-state index contributed by atoms with van der Waals surface area (Å²) in [6, 6.07) is 6.13. The fraction of sp³-hybridized carbons (Fsp3) is 0.400. The number of halogens is 1. The highest BCUT2D eigenvalue weighted by atomic mass is 32.2. The van der Waals surface area contributed by atoms with Gasteiger partial charge in [-0.05, 0) is 31.0 Å². The normalized spacial score (nSPS) is 12.2. The van der Waals surface area contributed by atoms with Crippen molar-refractivity contribution in [3.63, 3.8) is 0 Å². The van der Waals surface area contributed by atoms with Crippen molar-refractivity contribution < 1.29 is 9.18 Å². The van der Waals surface area contributed by atoms with Crippen molar-refractivity contribution in [3.8, 4) is 0 Å². The zero-order chi connectivity index (χ0) is 16.8. The Morgan fingerprint density at radius 3 is 2.83 bits per heavy atom. The third-order valence-electron chi connectivity index (χ3n) is 2.81. The van der Waals surface area contributed by atoms with E-state index in [4.69, 9.17) is 0 Å². The highest BCUT2D eigenvalue weighted by molar-refractivity contribution is 8.02. The Bertz CT molecular complexity index is 662. The van der Waals surface area contributed by atoms with Crippen LogP contribution in [0.2, 0.25) is 0 Å². The van der Waals surface area contributed by atoms with Crippen molar-refractivity contribution in [2.45, 2.75) is 30.4 Å². The highest BCUT2D eigenvalue weighted by Crippen LogP contribution is 2.30. The Balaban J connectivity index is 1.90. The summed E-state index contributed by atoms with van der Waals surface area (Å²) >= 11 is 2.69. The quantitative estimate of drug-likeness (QED) is 0.743. The molecule has 8 heteroatoms. The van der Waals surface area contributed by atoms with Crippen molar-refractivity contribution in [1.29, 1.82) is 0 Å². The monoisotopic (exact) mass is 354 g/mol. The first-order chi connectivity index (χ1) is 10.9. The lowest BCUT2D eigenvalue weighted by atomic mass is 10.2. The molecule has 1 amide bonds. The molecule has 0 radical (unpaired) electrons. The van der Waals surface area contributed by atoms with Gasteiger partial charge in [0.1, 0.15) is 5.82 Å². The number of carbonyl (C=O) groups is 1. The Kier molecular flexibility index (Phi) is 6.35. The van der Waals surface area contributed by atoms with Gasteiger partial charge in [0.15, 0.2) is 4.34 Å². The molecule has 0 aliphatic heterocycles. The molecule has 5 nitrogen and oxygen atoms in total. The summed E-state index contributed by atoms with van der Waals surface area (Å²) in [4.78, 5) is 12.0. The topological polar surface area (TPSA) is 66.9 Å². The smallest absolute Gasteiger partial charge is 0.233 e. The predicted octanol–water partition coefficient (Wildman–Crippen LogP) is 3.67. The second-order valence-electron chi connectivity index (χ2n) is 5.41. The molecule has 0 fully saturated rings. The Morgan fingerprint density at radius 1 is 1.35 bits per heavy atom. The molecule has 0 spiro atoms. The minimum Gasteiger partial charge on any atom is -0.355 e. The second kappa shape index (κ2) is 8.26. The third-order valence-corrected chi connectivity index (χ3v) is 4.84. The minimum absolute atomic E-state index is 0.0152. The van der Waals surface area contributed by atoms with E-state index in [9.17, 15) is 9.18 Å². The van der Waals surface area contributed by atoms with Gasteiger partial charge in [0.05, 0.1) is 5.25 Å². The minimum atomic E-state index is -0.315. The van der Waals surface area contributed by atoms with Crippen LogP contribution in [-0.4, -0.2) is 27.9 Å². The molecule has 2 rings (SSSR count). The predicted molar refractivity (Wildman–Crippen MR) is 92.8 cm³/mol. The van der Waals surface area contributed by atoms with E-state index in [1.54, 1.807) is 12.1 Å². The molecule has 1 heterocycles. The summed E-state index contributed by atoms with van der Waals surface area (Å²) in [5.41, 5.74) is 0.612. The lowest BCUT2D eigenvalue weighted by molar-refractivity contribution is -0.120. The van der Waals surface area contributed by atoms with E-state index < -0.39 is 0 Å². The molecule has 1 atom stereocenters. The van der Waals surface area contributed by atoms with Gasteiger partial charge in [-0.3, -0.25) is 4.79 Å². The van der Waals surface area contributed by atoms with Gasteiger partial charge in [-0.2, -0.15) is 0 Å². The Labute approximate surface area is 143 Å². The van der Waals surface area contributed by atoms with Crippen LogP contribution < -0.4 is 10.6 Å². The van der Waals surface area contributed by atoms with Crippen LogP contribution in [0.4, 0.5) is 15.2 Å². The van der Waals surface area contributed by atoms with E-state index in [2.05, 4.69) is 20.8 Å². The van der Waals surface area contributed by atoms with Crippen LogP contribution in [0.15, 0.2) is 28.6 Å². The molecule has 0 aliphatic rings. The number of carbonyl (C=O) groups excluding carboxylic acids is 1. The number of hydrogen-bond donors (Lipinski definition) is 2. The van der Waals surface area contributed by atoms with Gasteiger partial charge < -0.3 is 10.6 Å². The average Bonchev–Trinajstić information content (AvgIpc) is 2.91. The Morgan fingerprint density at radius 2 is 2.13 bits per heavy atom. The number of nitrogens with zero attached hydrogens (tertiary/aromatic N) is 2. The van der Waals surface area contributed by atoms with Crippen LogP contribution in [0.3, 0.4) is 0 Å². The maximum atomic E-state index is 13.1. The zero-order valence-electron chi connectivity index (χ0n) is 13.2. The molecule has 0 unspecified atom stereocenters. The van der Waals surface area contributed by atoms with Gasteiger partial charge in [-0.1, -0.05) is 43.0 Å². The molecule has 2 N–H and O–H groups in total. The average molecular weight is 354 g/mol. The molecule has 23 heavy (non-hydrogen) atoms. The van der Waals surface area contributed by atoms with E-state index in [0.29, 0.717) is 27.6 Å². The number of anilines is 2. The second-order valence-corrected chi connectivity index (χ2v) is 7.97. The largest absolute Gasteiger partial charge is 0.355 e. The SMILES string of the molecule is CC(C)CNC(=O)[C@@H](C)Sc1nnc(Nc2cccc(F)c2)s1. The maximum absolute atomic E-state index is 13.1. The Hall–Kier alpha value is -1.67. The molecule has 1 aromatic heterocycles. The first-order valence-corrected chi connectivity index (χ1v) is 8.94. The van der Waals surface area contributed by atoms with Crippen molar-refractivity contribution in [1.82, 2.24) is 15.5 Å². The summed E-state index contributed by atoms with van der Waals surface area (Å²) in [7, 11) is 0. The van der Waals surface area contributed by atoms with Gasteiger partial charge in [-0.25, -0.2) is 4.39 Å². The van der Waals surface area contributed by atoms with Crippen molar-refractivity contribution >= 4 is 39.8 Å². The van der Waals surface area contributed by atoms with E-state index in [0.717, 1.165) is 0 Å². The van der Waals surface area contributed by atoms with Crippen molar-refractivity contribution in [2.24, 2.45) is 5.92 Å². The molecule has 0 saturated heterocycles. The number of benzene rings is 1. The molecule has 0 saturated carbocycles.